The Kier molecular flexibility index (Phi) is 7.54. The fraction of sp³-hybridized carbons (Fsp3) is 0.250. The first-order valence-electron chi connectivity index (χ1n) is 10.6. The third kappa shape index (κ3) is 5.32. The largest absolute Gasteiger partial charge is 0.383 e. The van der Waals surface area contributed by atoms with Gasteiger partial charge >= 0.3 is 0 Å². The van der Waals surface area contributed by atoms with Crippen LogP contribution in [0.25, 0.3) is 11.7 Å². The van der Waals surface area contributed by atoms with Gasteiger partial charge in [0.15, 0.2) is 0 Å². The van der Waals surface area contributed by atoms with Gasteiger partial charge in [-0.2, -0.15) is 0 Å². The van der Waals surface area contributed by atoms with Crippen LogP contribution in [0.2, 0.25) is 0 Å². The van der Waals surface area contributed by atoms with Gasteiger partial charge in [0.05, 0.1) is 17.1 Å². The zero-order valence-electron chi connectivity index (χ0n) is 18.2. The number of ether oxygens (including phenoxy) is 1. The van der Waals surface area contributed by atoms with Crippen LogP contribution in [-0.4, -0.2) is 51.3 Å². The molecule has 2 aromatic heterocycles. The zero-order chi connectivity index (χ0) is 23.2. The number of hydrogen-bond donors (Lipinski definition) is 1. The average Bonchev–Trinajstić information content (AvgIpc) is 3.09. The first-order chi connectivity index (χ1) is 16.1. The fourth-order valence-corrected chi connectivity index (χ4v) is 4.84. The average molecular weight is 481 g/mol. The maximum absolute atomic E-state index is 13.2. The molecule has 1 saturated heterocycles. The molecule has 0 unspecified atom stereocenters. The fourth-order valence-electron chi connectivity index (χ4n) is 3.55. The van der Waals surface area contributed by atoms with Crippen LogP contribution < -0.4 is 10.9 Å². The van der Waals surface area contributed by atoms with E-state index >= 15 is 0 Å². The van der Waals surface area contributed by atoms with E-state index in [0.717, 1.165) is 12.8 Å². The summed E-state index contributed by atoms with van der Waals surface area (Å²) in [6.07, 6.45) is 4.92. The summed E-state index contributed by atoms with van der Waals surface area (Å²) in [6, 6.07) is 15.5. The second-order valence-corrected chi connectivity index (χ2v) is 9.13. The maximum atomic E-state index is 13.2. The SMILES string of the molecule is COCCNc1nc2ccccn2c(=O)c1/C=C1\SC(=S)N(CCCc2ccccc2)C1=O. The van der Waals surface area contributed by atoms with Crippen LogP contribution in [0.15, 0.2) is 64.4 Å². The molecule has 3 aromatic rings. The van der Waals surface area contributed by atoms with E-state index < -0.39 is 0 Å². The highest BCUT2D eigenvalue weighted by atomic mass is 32.2. The van der Waals surface area contributed by atoms with Crippen LogP contribution in [0.1, 0.15) is 17.5 Å². The number of benzene rings is 1. The van der Waals surface area contributed by atoms with E-state index in [1.165, 1.54) is 21.7 Å². The highest BCUT2D eigenvalue weighted by Gasteiger charge is 2.32. The van der Waals surface area contributed by atoms with Crippen molar-refractivity contribution in [3.63, 3.8) is 0 Å². The van der Waals surface area contributed by atoms with E-state index in [9.17, 15) is 9.59 Å². The lowest BCUT2D eigenvalue weighted by molar-refractivity contribution is -0.122. The molecule has 0 spiro atoms. The summed E-state index contributed by atoms with van der Waals surface area (Å²) in [5.74, 6) is 0.232. The Hall–Kier alpha value is -3.01. The van der Waals surface area contributed by atoms with E-state index in [1.807, 2.05) is 24.3 Å². The Morgan fingerprint density at radius 3 is 2.73 bits per heavy atom. The number of anilines is 1. The molecular weight excluding hydrogens is 456 g/mol. The maximum Gasteiger partial charge on any atom is 0.267 e. The number of carbonyl (C=O) groups excluding carboxylic acids is 1. The summed E-state index contributed by atoms with van der Waals surface area (Å²) in [4.78, 5) is 32.9. The predicted molar refractivity (Wildman–Crippen MR) is 136 cm³/mol. The van der Waals surface area contributed by atoms with Crippen LogP contribution in [0, 0.1) is 0 Å². The van der Waals surface area contributed by atoms with Gasteiger partial charge in [-0.25, -0.2) is 4.98 Å². The van der Waals surface area contributed by atoms with Crippen molar-refractivity contribution in [2.24, 2.45) is 0 Å². The first-order valence-corrected chi connectivity index (χ1v) is 11.8. The zero-order valence-corrected chi connectivity index (χ0v) is 19.8. The Bertz CT molecular complexity index is 1260. The normalized spacial score (nSPS) is 15.1. The number of hydrogen-bond acceptors (Lipinski definition) is 7. The monoisotopic (exact) mass is 480 g/mol. The number of fused-ring (bicyclic) bond motifs is 1. The number of thiocarbonyl (C=S) groups is 1. The van der Waals surface area contributed by atoms with Gasteiger partial charge in [0.2, 0.25) is 0 Å². The van der Waals surface area contributed by atoms with Gasteiger partial charge in [-0.05, 0) is 36.6 Å². The van der Waals surface area contributed by atoms with Gasteiger partial charge in [-0.3, -0.25) is 18.9 Å². The lowest BCUT2D eigenvalue weighted by Gasteiger charge is -2.14. The van der Waals surface area contributed by atoms with Gasteiger partial charge in [-0.15, -0.1) is 0 Å². The Morgan fingerprint density at radius 1 is 1.15 bits per heavy atom. The van der Waals surface area contributed by atoms with E-state index in [2.05, 4.69) is 22.4 Å². The third-order valence-corrected chi connectivity index (χ3v) is 6.58. The Labute approximate surface area is 201 Å². The van der Waals surface area contributed by atoms with Crippen LogP contribution in [0.3, 0.4) is 0 Å². The molecule has 4 rings (SSSR count). The highest BCUT2D eigenvalue weighted by molar-refractivity contribution is 8.26. The molecule has 33 heavy (non-hydrogen) atoms. The number of aromatic nitrogens is 2. The van der Waals surface area contributed by atoms with E-state index in [4.69, 9.17) is 17.0 Å². The van der Waals surface area contributed by atoms with E-state index in [-0.39, 0.29) is 11.5 Å². The quantitative estimate of drug-likeness (QED) is 0.285. The van der Waals surface area contributed by atoms with Gasteiger partial charge in [0, 0.05) is 26.4 Å². The summed E-state index contributed by atoms with van der Waals surface area (Å²) in [5.41, 5.74) is 1.81. The molecule has 0 atom stereocenters. The molecule has 0 aliphatic carbocycles. The van der Waals surface area contributed by atoms with Gasteiger partial charge in [-0.1, -0.05) is 60.4 Å². The topological polar surface area (TPSA) is 75.9 Å². The molecular formula is C24H24N4O3S2. The van der Waals surface area contributed by atoms with Crippen molar-refractivity contribution in [1.29, 1.82) is 0 Å². The van der Waals surface area contributed by atoms with Gasteiger partial charge < -0.3 is 10.1 Å². The first kappa shape index (κ1) is 23.2. The highest BCUT2D eigenvalue weighted by Crippen LogP contribution is 2.33. The van der Waals surface area contributed by atoms with Crippen molar-refractivity contribution in [2.75, 3.05) is 32.1 Å². The van der Waals surface area contributed by atoms with Crippen molar-refractivity contribution in [2.45, 2.75) is 12.8 Å². The molecule has 9 heteroatoms. The number of pyridine rings is 1. The molecule has 1 aliphatic heterocycles. The number of nitrogens with one attached hydrogen (secondary N) is 1. The summed E-state index contributed by atoms with van der Waals surface area (Å²) >= 11 is 6.68. The number of nitrogens with zero attached hydrogens (tertiary/aromatic N) is 3. The lowest BCUT2D eigenvalue weighted by Crippen LogP contribution is -2.29. The summed E-state index contributed by atoms with van der Waals surface area (Å²) in [6.45, 7) is 1.47. The molecule has 0 bridgehead atoms. The molecule has 0 saturated carbocycles. The number of amides is 1. The summed E-state index contributed by atoms with van der Waals surface area (Å²) in [7, 11) is 1.61. The third-order valence-electron chi connectivity index (χ3n) is 5.21. The number of thioether (sulfide) groups is 1. The minimum absolute atomic E-state index is 0.182. The van der Waals surface area contributed by atoms with Crippen LogP contribution >= 0.6 is 24.0 Å². The van der Waals surface area contributed by atoms with Crippen molar-refractivity contribution in [3.8, 4) is 0 Å². The van der Waals surface area contributed by atoms with Crippen molar-refractivity contribution in [3.05, 3.63) is 81.1 Å². The molecule has 7 nitrogen and oxygen atoms in total. The number of methoxy groups -OCH3 is 1. The van der Waals surface area contributed by atoms with E-state index in [1.54, 1.807) is 36.4 Å². The van der Waals surface area contributed by atoms with Crippen molar-refractivity contribution in [1.82, 2.24) is 14.3 Å². The molecule has 170 valence electrons. The minimum atomic E-state index is -0.255. The Morgan fingerprint density at radius 2 is 1.94 bits per heavy atom. The second kappa shape index (κ2) is 10.7. The molecule has 1 fully saturated rings. The Balaban J connectivity index is 1.58. The number of rotatable bonds is 9. The minimum Gasteiger partial charge on any atom is -0.383 e. The molecule has 1 amide bonds. The van der Waals surface area contributed by atoms with E-state index in [0.29, 0.717) is 46.0 Å². The molecule has 1 N–H and O–H groups in total. The van der Waals surface area contributed by atoms with Gasteiger partial charge in [0.25, 0.3) is 11.5 Å². The smallest absolute Gasteiger partial charge is 0.267 e. The van der Waals surface area contributed by atoms with Gasteiger partial charge in [0.1, 0.15) is 15.8 Å². The molecule has 1 aliphatic rings. The van der Waals surface area contributed by atoms with Crippen LogP contribution in [0.4, 0.5) is 5.82 Å². The lowest BCUT2D eigenvalue weighted by atomic mass is 10.1. The predicted octanol–water partition coefficient (Wildman–Crippen LogP) is 3.59. The second-order valence-electron chi connectivity index (χ2n) is 7.45. The van der Waals surface area contributed by atoms with Crippen molar-refractivity contribution >= 4 is 51.7 Å². The molecule has 0 radical (unpaired) electrons. The molecule has 1 aromatic carbocycles. The summed E-state index contributed by atoms with van der Waals surface area (Å²) in [5, 5.41) is 3.15. The van der Waals surface area contributed by atoms with Crippen LogP contribution in [0.5, 0.6) is 0 Å². The van der Waals surface area contributed by atoms with Crippen molar-refractivity contribution < 1.29 is 9.53 Å². The van der Waals surface area contributed by atoms with Crippen LogP contribution in [-0.2, 0) is 16.0 Å². The number of aryl methyl sites for hydroxylation is 1. The standard InChI is InChI=1S/C24H24N4O3S2/c1-31-15-12-25-21-18(22(29)27-13-6-5-11-20(27)26-21)16-19-23(30)28(24(32)33-19)14-7-10-17-8-3-2-4-9-17/h2-6,8-9,11,13,16,25H,7,10,12,14-15H2,1H3/b19-16-. The number of carbonyl (C=O) groups is 1. The summed E-state index contributed by atoms with van der Waals surface area (Å²) < 4.78 is 7.07. The molecule has 3 heterocycles.